The Morgan fingerprint density at radius 1 is 0.846 bits per heavy atom. The van der Waals surface area contributed by atoms with E-state index in [2.05, 4.69) is 9.47 Å². The van der Waals surface area contributed by atoms with Crippen molar-refractivity contribution in [2.75, 3.05) is 27.3 Å². The maximum Gasteiger partial charge on any atom is 0.307 e. The lowest BCUT2D eigenvalue weighted by Gasteiger charge is -2.13. The van der Waals surface area contributed by atoms with Crippen LogP contribution in [0.1, 0.15) is 12.8 Å². The molecule has 0 saturated carbocycles. The fourth-order valence-corrected chi connectivity index (χ4v) is 4.84. The molecule has 140 valence electrons. The molecule has 0 unspecified atom stereocenters. The van der Waals surface area contributed by atoms with Gasteiger partial charge in [0.2, 0.25) is 0 Å². The third kappa shape index (κ3) is 4.42. The monoisotopic (exact) mass is 434 g/mol. The molecule has 0 aliphatic carbocycles. The Kier molecular flexibility index (Phi) is 7.15. The van der Waals surface area contributed by atoms with E-state index in [1.165, 1.54) is 24.0 Å². The molecule has 0 atom stereocenters. The summed E-state index contributed by atoms with van der Waals surface area (Å²) in [5.41, 5.74) is 0. The van der Waals surface area contributed by atoms with Gasteiger partial charge in [-0.25, -0.2) is 0 Å². The quantitative estimate of drug-likeness (QED) is 0.343. The second kappa shape index (κ2) is 8.93. The summed E-state index contributed by atoms with van der Waals surface area (Å²) in [4.78, 5) is 50.6. The molecule has 0 aromatic heterocycles. The third-order valence-corrected chi connectivity index (χ3v) is 6.46. The van der Waals surface area contributed by atoms with Gasteiger partial charge in [-0.1, -0.05) is 48.0 Å². The van der Waals surface area contributed by atoms with Crippen LogP contribution < -0.4 is 0 Å². The van der Waals surface area contributed by atoms with Crippen LogP contribution in [-0.2, 0) is 28.7 Å². The van der Waals surface area contributed by atoms with Gasteiger partial charge in [0.05, 0.1) is 36.9 Å². The summed E-state index contributed by atoms with van der Waals surface area (Å²) in [6, 6.07) is 0. The lowest BCUT2D eigenvalue weighted by atomic mass is 10.3. The van der Waals surface area contributed by atoms with Gasteiger partial charge in [0.1, 0.15) is 8.64 Å². The smallest absolute Gasteiger partial charge is 0.307 e. The van der Waals surface area contributed by atoms with Crippen molar-refractivity contribution in [3.8, 4) is 0 Å². The van der Waals surface area contributed by atoms with E-state index < -0.39 is 23.8 Å². The van der Waals surface area contributed by atoms with Crippen molar-refractivity contribution in [3.05, 3.63) is 9.81 Å². The van der Waals surface area contributed by atoms with Crippen molar-refractivity contribution >= 4 is 80.4 Å². The van der Waals surface area contributed by atoms with E-state index >= 15 is 0 Å². The number of carbonyl (C=O) groups is 4. The summed E-state index contributed by atoms with van der Waals surface area (Å²) in [7, 11) is 2.51. The van der Waals surface area contributed by atoms with Crippen LogP contribution in [0.25, 0.3) is 0 Å². The van der Waals surface area contributed by atoms with Crippen LogP contribution in [0.4, 0.5) is 0 Å². The summed E-state index contributed by atoms with van der Waals surface area (Å²) in [6.07, 6.45) is -0.00732. The van der Waals surface area contributed by atoms with E-state index in [9.17, 15) is 19.2 Å². The highest BCUT2D eigenvalue weighted by molar-refractivity contribution is 8.29. The number of thiocarbonyl (C=S) groups is 2. The Balaban J connectivity index is 2.14. The molecular weight excluding hydrogens is 420 g/mol. The van der Waals surface area contributed by atoms with Gasteiger partial charge < -0.3 is 9.47 Å². The molecule has 2 saturated heterocycles. The molecule has 2 heterocycles. The van der Waals surface area contributed by atoms with E-state index in [1.807, 2.05) is 0 Å². The van der Waals surface area contributed by atoms with Gasteiger partial charge in [-0.05, 0) is 0 Å². The number of ether oxygens (including phenoxy) is 2. The number of esters is 2. The Morgan fingerprint density at radius 3 is 1.50 bits per heavy atom. The molecule has 2 aliphatic rings. The van der Waals surface area contributed by atoms with Gasteiger partial charge in [-0.3, -0.25) is 29.0 Å². The molecule has 26 heavy (non-hydrogen) atoms. The minimum atomic E-state index is -0.465. The summed E-state index contributed by atoms with van der Waals surface area (Å²) >= 11 is 12.3. The molecule has 2 rings (SSSR count). The third-order valence-electron chi connectivity index (χ3n) is 3.44. The van der Waals surface area contributed by atoms with Gasteiger partial charge in [-0.2, -0.15) is 0 Å². The van der Waals surface area contributed by atoms with E-state index in [4.69, 9.17) is 24.4 Å². The topological polar surface area (TPSA) is 93.2 Å². The zero-order valence-corrected chi connectivity index (χ0v) is 17.1. The first-order valence-corrected chi connectivity index (χ1v) is 9.70. The van der Waals surface area contributed by atoms with Crippen LogP contribution in [0.3, 0.4) is 0 Å². The lowest BCUT2D eigenvalue weighted by molar-refractivity contribution is -0.142. The molecule has 12 heteroatoms. The molecule has 0 aromatic rings. The first-order valence-electron chi connectivity index (χ1n) is 7.25. The number of hydrogen-bond donors (Lipinski definition) is 0. The standard InChI is InChI=1S/C14H14N2O6S4/c1-21-7(17)3-5-15-11(19)9(25-13(15)23)10-12(20)16(14(24)26-10)6-4-8(18)22-2/h3-6H2,1-2H3/b10-9+. The van der Waals surface area contributed by atoms with E-state index in [0.717, 1.165) is 23.5 Å². The maximum absolute atomic E-state index is 12.6. The van der Waals surface area contributed by atoms with Crippen molar-refractivity contribution in [2.45, 2.75) is 12.8 Å². The normalized spacial score (nSPS) is 20.2. The van der Waals surface area contributed by atoms with Gasteiger partial charge in [-0.15, -0.1) is 0 Å². The van der Waals surface area contributed by atoms with Crippen molar-refractivity contribution in [1.29, 1.82) is 0 Å². The second-order valence-electron chi connectivity index (χ2n) is 4.96. The van der Waals surface area contributed by atoms with Crippen LogP contribution in [-0.4, -0.2) is 69.5 Å². The largest absolute Gasteiger partial charge is 0.469 e. The molecule has 0 spiro atoms. The van der Waals surface area contributed by atoms with Gasteiger partial charge in [0.25, 0.3) is 11.8 Å². The average molecular weight is 435 g/mol. The molecule has 0 bridgehead atoms. The summed E-state index contributed by atoms with van der Waals surface area (Å²) < 4.78 is 9.61. The molecule has 2 aliphatic heterocycles. The fraction of sp³-hybridized carbons (Fsp3) is 0.429. The number of hydrogen-bond acceptors (Lipinski definition) is 10. The number of methoxy groups -OCH3 is 2. The lowest BCUT2D eigenvalue weighted by Crippen LogP contribution is -2.32. The average Bonchev–Trinajstić information content (AvgIpc) is 3.06. The summed E-state index contributed by atoms with van der Waals surface area (Å²) in [5.74, 6) is -1.82. The number of amides is 2. The Labute approximate surface area is 168 Å². The maximum atomic E-state index is 12.6. The molecule has 0 N–H and O–H groups in total. The Morgan fingerprint density at radius 2 is 1.19 bits per heavy atom. The minimum absolute atomic E-state index is 0.00366. The highest BCUT2D eigenvalue weighted by Gasteiger charge is 2.42. The second-order valence-corrected chi connectivity index (χ2v) is 8.25. The molecule has 8 nitrogen and oxygen atoms in total. The van der Waals surface area contributed by atoms with Crippen LogP contribution in [0.5, 0.6) is 0 Å². The summed E-state index contributed by atoms with van der Waals surface area (Å²) in [5, 5.41) is 0. The SMILES string of the molecule is COC(=O)CCN1C(=O)/C(=C2\SC(=S)N(CCC(=O)OC)C2=O)SC1=S. The van der Waals surface area contributed by atoms with Crippen LogP contribution >= 0.6 is 48.0 Å². The molecule has 0 aromatic carbocycles. The van der Waals surface area contributed by atoms with Crippen molar-refractivity contribution in [1.82, 2.24) is 9.80 Å². The van der Waals surface area contributed by atoms with Crippen molar-refractivity contribution < 1.29 is 28.7 Å². The van der Waals surface area contributed by atoms with Crippen LogP contribution in [0, 0.1) is 0 Å². The predicted molar refractivity (Wildman–Crippen MR) is 104 cm³/mol. The van der Waals surface area contributed by atoms with E-state index in [-0.39, 0.29) is 44.4 Å². The van der Waals surface area contributed by atoms with Gasteiger partial charge in [0, 0.05) is 13.1 Å². The molecule has 2 fully saturated rings. The molecule has 2 amide bonds. The Hall–Kier alpha value is -1.50. The number of thioether (sulfide) groups is 2. The fourth-order valence-electron chi connectivity index (χ4n) is 2.07. The number of nitrogens with zero attached hydrogens (tertiary/aromatic N) is 2. The van der Waals surface area contributed by atoms with Crippen molar-refractivity contribution in [2.24, 2.45) is 0 Å². The highest BCUT2D eigenvalue weighted by Crippen LogP contribution is 2.42. The van der Waals surface area contributed by atoms with Gasteiger partial charge in [0.15, 0.2) is 0 Å². The number of rotatable bonds is 6. The zero-order chi connectivity index (χ0) is 19.4. The first kappa shape index (κ1) is 20.8. The highest BCUT2D eigenvalue weighted by atomic mass is 32.2. The van der Waals surface area contributed by atoms with E-state index in [1.54, 1.807) is 0 Å². The molecule has 0 radical (unpaired) electrons. The Bertz CT molecular complexity index is 675. The summed E-state index contributed by atoms with van der Waals surface area (Å²) in [6.45, 7) is 0.146. The van der Waals surface area contributed by atoms with Crippen LogP contribution in [0.15, 0.2) is 9.81 Å². The van der Waals surface area contributed by atoms with E-state index in [0.29, 0.717) is 0 Å². The zero-order valence-electron chi connectivity index (χ0n) is 13.8. The predicted octanol–water partition coefficient (Wildman–Crippen LogP) is 1.04. The minimum Gasteiger partial charge on any atom is -0.469 e. The van der Waals surface area contributed by atoms with Crippen LogP contribution in [0.2, 0.25) is 0 Å². The van der Waals surface area contributed by atoms with Gasteiger partial charge >= 0.3 is 11.9 Å². The first-order chi connectivity index (χ1) is 12.3. The molecular formula is C14H14N2O6S4. The van der Waals surface area contributed by atoms with Crippen molar-refractivity contribution in [3.63, 3.8) is 0 Å². The number of carbonyl (C=O) groups excluding carboxylic acids is 4.